The van der Waals surface area contributed by atoms with Gasteiger partial charge >= 0.3 is 5.97 Å². The molecule has 0 amide bonds. The van der Waals surface area contributed by atoms with Gasteiger partial charge in [-0.25, -0.2) is 0 Å². The summed E-state index contributed by atoms with van der Waals surface area (Å²) in [5.74, 6) is 2.61. The average Bonchev–Trinajstić information content (AvgIpc) is 2.86. The Morgan fingerprint density at radius 1 is 1.35 bits per heavy atom. The molecule has 0 spiro atoms. The van der Waals surface area contributed by atoms with Gasteiger partial charge in [-0.1, -0.05) is 20.8 Å². The van der Waals surface area contributed by atoms with Crippen molar-refractivity contribution in [2.24, 2.45) is 35.0 Å². The number of nitrogens with zero attached hydrogens (tertiary/aromatic N) is 1. The highest BCUT2D eigenvalue weighted by atomic mass is 35.5. The molecule has 1 unspecified atom stereocenters. The molecular weight excluding hydrogens is 274 g/mol. The van der Waals surface area contributed by atoms with E-state index in [0.717, 1.165) is 5.92 Å². The number of esters is 1. The fourth-order valence-corrected chi connectivity index (χ4v) is 6.32. The fraction of sp³-hybridized carbons (Fsp3) is 0.938. The molecule has 3 nitrogen and oxygen atoms in total. The van der Waals surface area contributed by atoms with Crippen LogP contribution in [-0.4, -0.2) is 36.6 Å². The van der Waals surface area contributed by atoms with Gasteiger partial charge in [0.05, 0.1) is 12.0 Å². The second kappa shape index (κ2) is 4.36. The van der Waals surface area contributed by atoms with Gasteiger partial charge in [-0.15, -0.1) is 12.4 Å². The molecule has 4 rings (SSSR count). The highest BCUT2D eigenvalue weighted by Gasteiger charge is 2.71. The zero-order valence-corrected chi connectivity index (χ0v) is 13.7. The maximum Gasteiger partial charge on any atom is 0.310 e. The van der Waals surface area contributed by atoms with E-state index in [9.17, 15) is 4.79 Å². The average molecular weight is 300 g/mol. The highest BCUT2D eigenvalue weighted by Crippen LogP contribution is 2.66. The normalized spacial score (nSPS) is 53.0. The summed E-state index contributed by atoms with van der Waals surface area (Å²) in [4.78, 5) is 14.9. The first-order chi connectivity index (χ1) is 8.96. The summed E-state index contributed by atoms with van der Waals surface area (Å²) in [5.41, 5.74) is 0.321. The van der Waals surface area contributed by atoms with Crippen molar-refractivity contribution in [2.75, 3.05) is 13.6 Å². The van der Waals surface area contributed by atoms with Crippen molar-refractivity contribution in [2.45, 2.75) is 45.8 Å². The van der Waals surface area contributed by atoms with E-state index in [0.29, 0.717) is 29.2 Å². The Labute approximate surface area is 127 Å². The van der Waals surface area contributed by atoms with Crippen LogP contribution in [0.3, 0.4) is 0 Å². The van der Waals surface area contributed by atoms with Crippen LogP contribution >= 0.6 is 12.4 Å². The SMILES string of the molecule is CC(C)[C@@H]1[C@H]2OC(=O)[C@@H]1[C@@H]1CCC3CN(C)[C@H]2[C@@]31C.Cl. The lowest BCUT2D eigenvalue weighted by molar-refractivity contribution is -0.145. The largest absolute Gasteiger partial charge is 0.460 e. The molecule has 2 saturated carbocycles. The van der Waals surface area contributed by atoms with E-state index in [-0.39, 0.29) is 30.4 Å². The third-order valence-corrected chi connectivity index (χ3v) is 6.96. The lowest BCUT2D eigenvalue weighted by atomic mass is 9.55. The predicted molar refractivity (Wildman–Crippen MR) is 79.7 cm³/mol. The standard InChI is InChI=1S/C16H25NO2.ClH/c1-8(2)11-12-10-6-5-9-7-17(4)14(16(9,10)3)13(11)19-15(12)18;/h8-14H,5-7H2,1-4H3;1H/t9?,10-,11-,12+,13+,14+,16-;/m0./s1. The molecule has 2 saturated heterocycles. The van der Waals surface area contributed by atoms with E-state index in [2.05, 4.69) is 32.7 Å². The number of rotatable bonds is 1. The summed E-state index contributed by atoms with van der Waals surface area (Å²) in [6, 6.07) is 0.458. The molecule has 0 aromatic carbocycles. The quantitative estimate of drug-likeness (QED) is 0.697. The van der Waals surface area contributed by atoms with Crippen molar-refractivity contribution in [3.63, 3.8) is 0 Å². The summed E-state index contributed by atoms with van der Waals surface area (Å²) in [5, 5.41) is 0. The predicted octanol–water partition coefficient (Wildman–Crippen LogP) is 2.58. The number of likely N-dealkylation sites (tertiary alicyclic amines) is 1. The van der Waals surface area contributed by atoms with Gasteiger partial charge in [-0.3, -0.25) is 9.69 Å². The number of likely N-dealkylation sites (N-methyl/N-ethyl adjacent to an activating group) is 1. The van der Waals surface area contributed by atoms with Crippen LogP contribution in [0.2, 0.25) is 0 Å². The second-order valence-electron chi connectivity index (χ2n) is 7.88. The van der Waals surface area contributed by atoms with Crippen LogP contribution < -0.4 is 0 Å². The van der Waals surface area contributed by atoms with Crippen LogP contribution in [0.15, 0.2) is 0 Å². The molecule has 2 aliphatic heterocycles. The molecule has 4 aliphatic rings. The van der Waals surface area contributed by atoms with Crippen molar-refractivity contribution in [3.8, 4) is 0 Å². The third-order valence-electron chi connectivity index (χ3n) is 6.96. The Hall–Kier alpha value is -0.280. The highest BCUT2D eigenvalue weighted by molar-refractivity contribution is 5.85. The molecule has 0 aromatic heterocycles. The van der Waals surface area contributed by atoms with Crippen LogP contribution in [0.5, 0.6) is 0 Å². The Balaban J connectivity index is 0.00000121. The molecule has 0 aromatic rings. The second-order valence-corrected chi connectivity index (χ2v) is 7.88. The topological polar surface area (TPSA) is 29.5 Å². The van der Waals surface area contributed by atoms with Gasteiger partial charge < -0.3 is 4.74 Å². The molecule has 4 fully saturated rings. The number of carbonyl (C=O) groups is 1. The summed E-state index contributed by atoms with van der Waals surface area (Å²) in [6.07, 6.45) is 2.69. The molecule has 20 heavy (non-hydrogen) atoms. The van der Waals surface area contributed by atoms with Gasteiger partial charge in [-0.2, -0.15) is 0 Å². The van der Waals surface area contributed by atoms with Gasteiger partial charge in [0.2, 0.25) is 0 Å². The first-order valence-corrected chi connectivity index (χ1v) is 7.87. The van der Waals surface area contributed by atoms with E-state index in [1.807, 2.05) is 0 Å². The van der Waals surface area contributed by atoms with Crippen LogP contribution in [-0.2, 0) is 9.53 Å². The van der Waals surface area contributed by atoms with Gasteiger partial charge in [0.25, 0.3) is 0 Å². The lowest BCUT2D eigenvalue weighted by Crippen LogP contribution is -2.57. The van der Waals surface area contributed by atoms with E-state index in [1.54, 1.807) is 0 Å². The minimum atomic E-state index is 0. The van der Waals surface area contributed by atoms with Crippen LogP contribution in [0, 0.1) is 35.0 Å². The maximum absolute atomic E-state index is 12.4. The molecule has 2 bridgehead atoms. The number of hydrogen-bond acceptors (Lipinski definition) is 3. The van der Waals surface area contributed by atoms with E-state index in [1.165, 1.54) is 19.4 Å². The Bertz CT molecular complexity index is 440. The van der Waals surface area contributed by atoms with Gasteiger partial charge in [0.1, 0.15) is 6.10 Å². The van der Waals surface area contributed by atoms with Crippen molar-refractivity contribution >= 4 is 18.4 Å². The third kappa shape index (κ3) is 1.44. The first kappa shape index (κ1) is 14.6. The first-order valence-electron chi connectivity index (χ1n) is 7.87. The number of carbonyl (C=O) groups excluding carboxylic acids is 1. The zero-order chi connectivity index (χ0) is 13.5. The number of ether oxygens (including phenoxy) is 1. The summed E-state index contributed by atoms with van der Waals surface area (Å²) in [7, 11) is 2.23. The Morgan fingerprint density at radius 3 is 2.70 bits per heavy atom. The minimum absolute atomic E-state index is 0. The Morgan fingerprint density at radius 2 is 2.05 bits per heavy atom. The Kier molecular flexibility index (Phi) is 3.19. The zero-order valence-electron chi connectivity index (χ0n) is 12.8. The number of hydrogen-bond donors (Lipinski definition) is 0. The lowest BCUT2D eigenvalue weighted by Gasteiger charge is -2.49. The van der Waals surface area contributed by atoms with Gasteiger partial charge in [0, 0.05) is 12.5 Å². The maximum atomic E-state index is 12.4. The van der Waals surface area contributed by atoms with Gasteiger partial charge in [0.15, 0.2) is 0 Å². The molecule has 0 N–H and O–H groups in total. The van der Waals surface area contributed by atoms with Crippen molar-refractivity contribution in [1.29, 1.82) is 0 Å². The van der Waals surface area contributed by atoms with E-state index in [4.69, 9.17) is 4.74 Å². The van der Waals surface area contributed by atoms with Crippen LogP contribution in [0.4, 0.5) is 0 Å². The van der Waals surface area contributed by atoms with Crippen molar-refractivity contribution in [3.05, 3.63) is 0 Å². The number of fused-ring (bicyclic) bond motifs is 4. The van der Waals surface area contributed by atoms with Crippen molar-refractivity contribution in [1.82, 2.24) is 4.90 Å². The van der Waals surface area contributed by atoms with Crippen molar-refractivity contribution < 1.29 is 9.53 Å². The minimum Gasteiger partial charge on any atom is -0.460 e. The molecular formula is C16H26ClNO2. The summed E-state index contributed by atoms with van der Waals surface area (Å²) in [6.45, 7) is 8.17. The monoisotopic (exact) mass is 299 g/mol. The van der Waals surface area contributed by atoms with Crippen LogP contribution in [0.25, 0.3) is 0 Å². The molecule has 2 heterocycles. The molecule has 4 heteroatoms. The smallest absolute Gasteiger partial charge is 0.310 e. The summed E-state index contributed by atoms with van der Waals surface area (Å²) >= 11 is 0. The molecule has 7 atom stereocenters. The molecule has 2 aliphatic carbocycles. The van der Waals surface area contributed by atoms with Crippen LogP contribution in [0.1, 0.15) is 33.6 Å². The fourth-order valence-electron chi connectivity index (χ4n) is 6.32. The van der Waals surface area contributed by atoms with E-state index < -0.39 is 0 Å². The summed E-state index contributed by atoms with van der Waals surface area (Å²) < 4.78 is 5.88. The van der Waals surface area contributed by atoms with E-state index >= 15 is 0 Å². The van der Waals surface area contributed by atoms with Gasteiger partial charge in [-0.05, 0) is 43.1 Å². The molecule has 0 radical (unpaired) electrons. The number of halogens is 1. The molecule has 114 valence electrons.